The van der Waals surface area contributed by atoms with Gasteiger partial charge in [0.1, 0.15) is 23.1 Å². The van der Waals surface area contributed by atoms with Gasteiger partial charge in [-0.3, -0.25) is 0 Å². The van der Waals surface area contributed by atoms with Gasteiger partial charge in [-0.15, -0.1) is 0 Å². The van der Waals surface area contributed by atoms with Crippen molar-refractivity contribution >= 4 is 0 Å². The molecular weight excluding hydrogens is 284 g/mol. The van der Waals surface area contributed by atoms with E-state index in [0.717, 1.165) is 31.5 Å². The predicted molar refractivity (Wildman–Crippen MR) is 82.2 cm³/mol. The van der Waals surface area contributed by atoms with Crippen molar-refractivity contribution in [2.45, 2.75) is 19.3 Å². The topological polar surface area (TPSA) is 21.3 Å². The largest absolute Gasteiger partial charge is 0.457 e. The summed E-state index contributed by atoms with van der Waals surface area (Å²) < 4.78 is 31.8. The van der Waals surface area contributed by atoms with E-state index in [1.165, 1.54) is 30.5 Å². The molecule has 0 aliphatic carbocycles. The Balaban J connectivity index is 1.63. The first-order valence-electron chi connectivity index (χ1n) is 7.63. The maximum absolute atomic E-state index is 13.1. The molecule has 2 aromatic rings. The number of rotatable bonds is 4. The first-order valence-corrected chi connectivity index (χ1v) is 7.63. The van der Waals surface area contributed by atoms with Gasteiger partial charge in [0, 0.05) is 18.2 Å². The summed E-state index contributed by atoms with van der Waals surface area (Å²) in [6, 6.07) is 10.9. The van der Waals surface area contributed by atoms with Crippen LogP contribution in [0.1, 0.15) is 18.4 Å². The quantitative estimate of drug-likeness (QED) is 0.909. The van der Waals surface area contributed by atoms with Gasteiger partial charge in [0.05, 0.1) is 0 Å². The van der Waals surface area contributed by atoms with Crippen LogP contribution in [0.2, 0.25) is 0 Å². The molecule has 0 bridgehead atoms. The first-order chi connectivity index (χ1) is 10.7. The Bertz CT molecular complexity index is 601. The highest BCUT2D eigenvalue weighted by molar-refractivity contribution is 5.33. The van der Waals surface area contributed by atoms with Crippen molar-refractivity contribution in [3.05, 3.63) is 59.7 Å². The van der Waals surface area contributed by atoms with E-state index in [9.17, 15) is 8.78 Å². The molecule has 3 rings (SSSR count). The zero-order valence-electron chi connectivity index (χ0n) is 12.3. The molecule has 1 aliphatic heterocycles. The summed E-state index contributed by atoms with van der Waals surface area (Å²) in [6.07, 6.45) is 3.48. The fourth-order valence-corrected chi connectivity index (χ4v) is 2.84. The van der Waals surface area contributed by atoms with E-state index < -0.39 is 11.6 Å². The highest BCUT2D eigenvalue weighted by Crippen LogP contribution is 2.25. The zero-order valence-corrected chi connectivity index (χ0v) is 12.3. The van der Waals surface area contributed by atoms with Crippen LogP contribution in [0.4, 0.5) is 8.78 Å². The Labute approximate surface area is 129 Å². The Hall–Kier alpha value is -1.94. The summed E-state index contributed by atoms with van der Waals surface area (Å²) in [5.74, 6) is 0.197. The summed E-state index contributed by atoms with van der Waals surface area (Å²) in [4.78, 5) is 0. The van der Waals surface area contributed by atoms with Gasteiger partial charge < -0.3 is 10.1 Å². The molecule has 22 heavy (non-hydrogen) atoms. The third-order valence-electron chi connectivity index (χ3n) is 3.98. The van der Waals surface area contributed by atoms with Crippen molar-refractivity contribution in [3.63, 3.8) is 0 Å². The lowest BCUT2D eigenvalue weighted by atomic mass is 9.91. The van der Waals surface area contributed by atoms with Crippen molar-refractivity contribution < 1.29 is 13.5 Å². The molecule has 0 radical (unpaired) electrons. The minimum atomic E-state index is -0.641. The number of hydrogen-bond donors (Lipinski definition) is 1. The van der Waals surface area contributed by atoms with Gasteiger partial charge in [0.25, 0.3) is 0 Å². The van der Waals surface area contributed by atoms with Gasteiger partial charge in [-0.2, -0.15) is 0 Å². The summed E-state index contributed by atoms with van der Waals surface area (Å²) in [6.45, 7) is 2.19. The summed E-state index contributed by atoms with van der Waals surface area (Å²) in [5.41, 5.74) is 1.27. The van der Waals surface area contributed by atoms with Crippen molar-refractivity contribution in [1.29, 1.82) is 0 Å². The van der Waals surface area contributed by atoms with E-state index in [4.69, 9.17) is 4.74 Å². The molecule has 1 N–H and O–H groups in total. The zero-order chi connectivity index (χ0) is 15.4. The second-order valence-electron chi connectivity index (χ2n) is 5.75. The number of halogens is 2. The Morgan fingerprint density at radius 1 is 0.909 bits per heavy atom. The van der Waals surface area contributed by atoms with Gasteiger partial charge >= 0.3 is 0 Å². The van der Waals surface area contributed by atoms with Gasteiger partial charge in [0.15, 0.2) is 0 Å². The van der Waals surface area contributed by atoms with Gasteiger partial charge in [-0.1, -0.05) is 12.1 Å². The molecule has 1 heterocycles. The molecule has 0 atom stereocenters. The van der Waals surface area contributed by atoms with Crippen LogP contribution in [-0.2, 0) is 6.42 Å². The highest BCUT2D eigenvalue weighted by atomic mass is 19.1. The molecule has 0 unspecified atom stereocenters. The lowest BCUT2D eigenvalue weighted by molar-refractivity contribution is 0.372. The van der Waals surface area contributed by atoms with Gasteiger partial charge in [-0.05, 0) is 56.0 Å². The van der Waals surface area contributed by atoms with Crippen LogP contribution in [0.3, 0.4) is 0 Å². The van der Waals surface area contributed by atoms with E-state index >= 15 is 0 Å². The molecule has 2 nitrogen and oxygen atoms in total. The van der Waals surface area contributed by atoms with E-state index in [0.29, 0.717) is 5.75 Å². The predicted octanol–water partition coefficient (Wildman–Crippen LogP) is 4.30. The number of benzene rings is 2. The van der Waals surface area contributed by atoms with Crippen LogP contribution in [0, 0.1) is 17.6 Å². The summed E-state index contributed by atoms with van der Waals surface area (Å²) in [5, 5.41) is 3.36. The summed E-state index contributed by atoms with van der Waals surface area (Å²) >= 11 is 0. The monoisotopic (exact) mass is 303 g/mol. The highest BCUT2D eigenvalue weighted by Gasteiger charge is 2.13. The van der Waals surface area contributed by atoms with Crippen LogP contribution in [-0.4, -0.2) is 13.1 Å². The average Bonchev–Trinajstić information content (AvgIpc) is 2.49. The first kappa shape index (κ1) is 15.0. The normalized spacial score (nSPS) is 15.7. The molecule has 0 amide bonds. The third kappa shape index (κ3) is 4.04. The van der Waals surface area contributed by atoms with Crippen LogP contribution in [0.5, 0.6) is 11.5 Å². The van der Waals surface area contributed by atoms with Crippen LogP contribution >= 0.6 is 0 Å². The van der Waals surface area contributed by atoms with Crippen molar-refractivity contribution in [1.82, 2.24) is 5.32 Å². The molecule has 1 saturated heterocycles. The molecule has 2 aromatic carbocycles. The SMILES string of the molecule is Fc1cc(F)cc(Oc2ccc(CC3CCNCC3)cc2)c1. The molecule has 0 spiro atoms. The number of ether oxygens (including phenoxy) is 1. The molecule has 4 heteroatoms. The fraction of sp³-hybridized carbons (Fsp3) is 0.333. The Morgan fingerprint density at radius 3 is 2.18 bits per heavy atom. The van der Waals surface area contributed by atoms with E-state index in [2.05, 4.69) is 5.32 Å². The van der Waals surface area contributed by atoms with Crippen molar-refractivity contribution in [2.75, 3.05) is 13.1 Å². The lowest BCUT2D eigenvalue weighted by Crippen LogP contribution is -2.28. The summed E-state index contributed by atoms with van der Waals surface area (Å²) in [7, 11) is 0. The number of hydrogen-bond acceptors (Lipinski definition) is 2. The third-order valence-corrected chi connectivity index (χ3v) is 3.98. The minimum absolute atomic E-state index is 0.170. The van der Waals surface area contributed by atoms with Gasteiger partial charge in [0.2, 0.25) is 0 Å². The number of piperidine rings is 1. The molecule has 0 saturated carbocycles. The van der Waals surface area contributed by atoms with Gasteiger partial charge in [-0.25, -0.2) is 8.78 Å². The molecule has 116 valence electrons. The minimum Gasteiger partial charge on any atom is -0.457 e. The van der Waals surface area contributed by atoms with Crippen molar-refractivity contribution in [2.24, 2.45) is 5.92 Å². The molecular formula is C18H19F2NO. The fourth-order valence-electron chi connectivity index (χ4n) is 2.84. The average molecular weight is 303 g/mol. The second kappa shape index (κ2) is 6.88. The number of nitrogens with one attached hydrogen (secondary N) is 1. The molecule has 0 aromatic heterocycles. The van der Waals surface area contributed by atoms with Crippen LogP contribution in [0.25, 0.3) is 0 Å². The Kier molecular flexibility index (Phi) is 4.68. The van der Waals surface area contributed by atoms with Crippen LogP contribution in [0.15, 0.2) is 42.5 Å². The van der Waals surface area contributed by atoms with E-state index in [1.54, 1.807) is 0 Å². The molecule has 1 aliphatic rings. The smallest absolute Gasteiger partial charge is 0.133 e. The van der Waals surface area contributed by atoms with Crippen LogP contribution < -0.4 is 10.1 Å². The van der Waals surface area contributed by atoms with E-state index in [1.807, 2.05) is 24.3 Å². The van der Waals surface area contributed by atoms with E-state index in [-0.39, 0.29) is 5.75 Å². The Morgan fingerprint density at radius 2 is 1.55 bits per heavy atom. The lowest BCUT2D eigenvalue weighted by Gasteiger charge is -2.22. The second-order valence-corrected chi connectivity index (χ2v) is 5.75. The standard InChI is InChI=1S/C18H19F2NO/c19-15-10-16(20)12-18(11-15)22-17-3-1-13(2-4-17)9-14-5-7-21-8-6-14/h1-4,10-12,14,21H,5-9H2. The maximum Gasteiger partial charge on any atom is 0.133 e. The maximum atomic E-state index is 13.1. The van der Waals surface area contributed by atoms with Crippen molar-refractivity contribution in [3.8, 4) is 11.5 Å². The molecule has 1 fully saturated rings.